The molecule has 3 aromatic rings. The van der Waals surface area contributed by atoms with Crippen molar-refractivity contribution in [2.24, 2.45) is 0 Å². The van der Waals surface area contributed by atoms with Crippen LogP contribution in [0.4, 0.5) is 5.69 Å². The lowest BCUT2D eigenvalue weighted by atomic mass is 10.1. The molecule has 0 saturated carbocycles. The van der Waals surface area contributed by atoms with Crippen LogP contribution in [0.3, 0.4) is 0 Å². The minimum absolute atomic E-state index is 0.316. The fourth-order valence-corrected chi connectivity index (χ4v) is 2.23. The molecule has 0 unspecified atom stereocenters. The maximum Gasteiger partial charge on any atom is 0.120 e. The minimum atomic E-state index is 0.316. The van der Waals surface area contributed by atoms with Gasteiger partial charge < -0.3 is 10.4 Å². The van der Waals surface area contributed by atoms with E-state index in [1.165, 1.54) is 0 Å². The van der Waals surface area contributed by atoms with Gasteiger partial charge in [0, 0.05) is 30.2 Å². The Morgan fingerprint density at radius 2 is 2.05 bits per heavy atom. The van der Waals surface area contributed by atoms with Gasteiger partial charge in [-0.3, -0.25) is 0 Å². The van der Waals surface area contributed by atoms with Crippen molar-refractivity contribution >= 4 is 5.69 Å². The number of aromatic hydroxyl groups is 1. The second kappa shape index (κ2) is 5.71. The fraction of sp³-hybridized carbons (Fsp3) is 0.118. The van der Waals surface area contributed by atoms with Gasteiger partial charge in [-0.05, 0) is 37.3 Å². The van der Waals surface area contributed by atoms with Crippen molar-refractivity contribution in [3.8, 4) is 11.4 Å². The van der Waals surface area contributed by atoms with Crippen molar-refractivity contribution < 1.29 is 5.11 Å². The van der Waals surface area contributed by atoms with Crippen LogP contribution in [-0.2, 0) is 6.54 Å². The molecule has 3 rings (SSSR count). The Kier molecular flexibility index (Phi) is 3.60. The largest absolute Gasteiger partial charge is 0.508 e. The molecule has 106 valence electrons. The number of nitrogens with zero attached hydrogens (tertiary/aromatic N) is 2. The zero-order valence-corrected chi connectivity index (χ0v) is 11.8. The second-order valence-electron chi connectivity index (χ2n) is 4.99. The van der Waals surface area contributed by atoms with Gasteiger partial charge >= 0.3 is 0 Å². The Morgan fingerprint density at radius 1 is 1.14 bits per heavy atom. The zero-order chi connectivity index (χ0) is 14.7. The summed E-state index contributed by atoms with van der Waals surface area (Å²) in [7, 11) is 0. The van der Waals surface area contributed by atoms with E-state index in [-0.39, 0.29) is 0 Å². The summed E-state index contributed by atoms with van der Waals surface area (Å²) in [6.45, 7) is 2.59. The van der Waals surface area contributed by atoms with Crippen molar-refractivity contribution in [2.75, 3.05) is 5.32 Å². The molecular formula is C17H17N3O. The number of rotatable bonds is 4. The quantitative estimate of drug-likeness (QED) is 0.768. The third-order valence-electron chi connectivity index (χ3n) is 3.33. The lowest BCUT2D eigenvalue weighted by molar-refractivity contribution is 0.469. The highest BCUT2D eigenvalue weighted by atomic mass is 16.3. The summed E-state index contributed by atoms with van der Waals surface area (Å²) in [5, 5.41) is 17.4. The van der Waals surface area contributed by atoms with Crippen molar-refractivity contribution in [1.29, 1.82) is 0 Å². The lowest BCUT2D eigenvalue weighted by Crippen LogP contribution is -2.01. The Bertz CT molecular complexity index is 736. The van der Waals surface area contributed by atoms with E-state index in [4.69, 9.17) is 0 Å². The monoisotopic (exact) mass is 279 g/mol. The first-order valence-electron chi connectivity index (χ1n) is 6.85. The Morgan fingerprint density at radius 3 is 2.86 bits per heavy atom. The van der Waals surface area contributed by atoms with E-state index < -0.39 is 0 Å². The predicted molar refractivity (Wildman–Crippen MR) is 83.7 cm³/mol. The molecule has 0 saturated heterocycles. The molecule has 1 heterocycles. The fourth-order valence-electron chi connectivity index (χ4n) is 2.23. The van der Waals surface area contributed by atoms with Gasteiger partial charge in [0.1, 0.15) is 5.75 Å². The first-order valence-corrected chi connectivity index (χ1v) is 6.85. The first-order chi connectivity index (χ1) is 10.2. The number of aryl methyl sites for hydroxylation is 1. The molecule has 21 heavy (non-hydrogen) atoms. The van der Waals surface area contributed by atoms with Crippen LogP contribution in [0.5, 0.6) is 5.75 Å². The number of nitrogens with one attached hydrogen (secondary N) is 1. The molecule has 0 fully saturated rings. The van der Waals surface area contributed by atoms with Crippen molar-refractivity contribution in [3.63, 3.8) is 0 Å². The van der Waals surface area contributed by atoms with E-state index in [0.29, 0.717) is 12.3 Å². The predicted octanol–water partition coefficient (Wildman–Crippen LogP) is 3.50. The number of phenolic OH excluding ortho intramolecular Hbond substituents is 1. The maximum atomic E-state index is 9.86. The van der Waals surface area contributed by atoms with Gasteiger partial charge in [-0.1, -0.05) is 23.8 Å². The summed E-state index contributed by atoms with van der Waals surface area (Å²) in [6.07, 6.45) is 3.66. The molecule has 0 radical (unpaired) electrons. The Balaban J connectivity index is 1.76. The summed E-state index contributed by atoms with van der Waals surface area (Å²) in [6, 6.07) is 15.5. The molecular weight excluding hydrogens is 262 g/mol. The zero-order valence-electron chi connectivity index (χ0n) is 11.8. The Labute approximate surface area is 123 Å². The van der Waals surface area contributed by atoms with Crippen LogP contribution in [0.25, 0.3) is 5.69 Å². The van der Waals surface area contributed by atoms with Gasteiger partial charge in [-0.15, -0.1) is 0 Å². The maximum absolute atomic E-state index is 9.86. The molecule has 0 aliphatic rings. The lowest BCUT2D eigenvalue weighted by Gasteiger charge is -2.10. The topological polar surface area (TPSA) is 50.1 Å². The van der Waals surface area contributed by atoms with E-state index in [9.17, 15) is 5.11 Å². The molecule has 0 atom stereocenters. The summed E-state index contributed by atoms with van der Waals surface area (Å²) >= 11 is 0. The van der Waals surface area contributed by atoms with Gasteiger partial charge in [-0.2, -0.15) is 5.10 Å². The molecule has 1 aromatic heterocycles. The minimum Gasteiger partial charge on any atom is -0.508 e. The molecule has 2 aromatic carbocycles. The van der Waals surface area contributed by atoms with Gasteiger partial charge in [0.15, 0.2) is 0 Å². The number of aromatic nitrogens is 2. The summed E-state index contributed by atoms with van der Waals surface area (Å²) in [5.74, 6) is 0.316. The van der Waals surface area contributed by atoms with Crippen LogP contribution in [0.1, 0.15) is 11.1 Å². The van der Waals surface area contributed by atoms with Gasteiger partial charge in [-0.25, -0.2) is 4.68 Å². The third-order valence-corrected chi connectivity index (χ3v) is 3.33. The van der Waals surface area contributed by atoms with Crippen LogP contribution in [-0.4, -0.2) is 14.9 Å². The van der Waals surface area contributed by atoms with Gasteiger partial charge in [0.2, 0.25) is 0 Å². The van der Waals surface area contributed by atoms with Crippen LogP contribution in [0, 0.1) is 6.92 Å². The molecule has 2 N–H and O–H groups in total. The Hall–Kier alpha value is -2.75. The smallest absolute Gasteiger partial charge is 0.120 e. The van der Waals surface area contributed by atoms with Crippen molar-refractivity contribution in [3.05, 3.63) is 72.1 Å². The molecule has 0 bridgehead atoms. The molecule has 4 nitrogen and oxygen atoms in total. The van der Waals surface area contributed by atoms with Crippen LogP contribution >= 0.6 is 0 Å². The highest BCUT2D eigenvalue weighted by molar-refractivity contribution is 5.51. The molecule has 0 spiro atoms. The van der Waals surface area contributed by atoms with Gasteiger partial charge in [0.25, 0.3) is 0 Å². The standard InChI is InChI=1S/C17H17N3O/c1-13-6-7-17(21)14(10-13)12-18-15-4-2-5-16(11-15)20-9-3-8-19-20/h2-11,18,21H,12H2,1H3. The van der Waals surface area contributed by atoms with Crippen LogP contribution in [0.2, 0.25) is 0 Å². The van der Waals surface area contributed by atoms with Crippen molar-refractivity contribution in [2.45, 2.75) is 13.5 Å². The van der Waals surface area contributed by atoms with E-state index in [0.717, 1.165) is 22.5 Å². The average Bonchev–Trinajstić information content (AvgIpc) is 3.03. The summed E-state index contributed by atoms with van der Waals surface area (Å²) in [4.78, 5) is 0. The summed E-state index contributed by atoms with van der Waals surface area (Å²) < 4.78 is 1.81. The third kappa shape index (κ3) is 3.05. The SMILES string of the molecule is Cc1ccc(O)c(CNc2cccc(-n3cccn3)c2)c1. The molecule has 0 amide bonds. The van der Waals surface area contributed by atoms with E-state index in [1.807, 2.05) is 60.3 Å². The molecule has 0 aliphatic carbocycles. The van der Waals surface area contributed by atoms with Gasteiger partial charge in [0.05, 0.1) is 5.69 Å². The normalized spacial score (nSPS) is 10.5. The first kappa shape index (κ1) is 13.2. The van der Waals surface area contributed by atoms with Crippen molar-refractivity contribution in [1.82, 2.24) is 9.78 Å². The van der Waals surface area contributed by atoms with E-state index >= 15 is 0 Å². The highest BCUT2D eigenvalue weighted by Gasteiger charge is 2.02. The van der Waals surface area contributed by atoms with E-state index in [1.54, 1.807) is 12.3 Å². The summed E-state index contributed by atoms with van der Waals surface area (Å²) in [5.41, 5.74) is 4.01. The molecule has 0 aliphatic heterocycles. The van der Waals surface area contributed by atoms with Crippen LogP contribution in [0.15, 0.2) is 60.9 Å². The number of phenols is 1. The number of hydrogen-bond acceptors (Lipinski definition) is 3. The number of anilines is 1. The number of benzene rings is 2. The van der Waals surface area contributed by atoms with Crippen LogP contribution < -0.4 is 5.32 Å². The second-order valence-corrected chi connectivity index (χ2v) is 4.99. The molecule has 4 heteroatoms. The highest BCUT2D eigenvalue weighted by Crippen LogP contribution is 2.20. The average molecular weight is 279 g/mol. The number of hydrogen-bond donors (Lipinski definition) is 2. The van der Waals surface area contributed by atoms with E-state index in [2.05, 4.69) is 10.4 Å².